The second-order valence-corrected chi connectivity index (χ2v) is 12.9. The first-order valence-corrected chi connectivity index (χ1v) is 18.7. The number of esters is 4. The van der Waals surface area contributed by atoms with Gasteiger partial charge in [0, 0.05) is 12.2 Å². The van der Waals surface area contributed by atoms with Crippen molar-refractivity contribution in [2.45, 2.75) is 39.0 Å². The molecule has 0 aliphatic heterocycles. The Morgan fingerprint density at radius 2 is 0.947 bits per heavy atom. The smallest absolute Gasteiger partial charge is 0.338 e. The van der Waals surface area contributed by atoms with E-state index in [1.807, 2.05) is 67.6 Å². The van der Waals surface area contributed by atoms with Gasteiger partial charge in [0.05, 0.1) is 37.6 Å². The van der Waals surface area contributed by atoms with E-state index >= 15 is 0 Å². The van der Waals surface area contributed by atoms with Gasteiger partial charge in [-0.05, 0) is 134 Å². The molecule has 1 atom stereocenters. The van der Waals surface area contributed by atoms with Crippen molar-refractivity contribution < 1.29 is 47.6 Å². The molecule has 0 saturated carbocycles. The molecule has 10 nitrogen and oxygen atoms in total. The molecule has 0 N–H and O–H groups in total. The van der Waals surface area contributed by atoms with Crippen LogP contribution in [-0.2, 0) is 19.1 Å². The summed E-state index contributed by atoms with van der Waals surface area (Å²) in [6, 6.07) is 26.8. The second kappa shape index (κ2) is 24.0. The fourth-order valence-corrected chi connectivity index (χ4v) is 4.95. The molecule has 4 aromatic carbocycles. The number of hydrogen-bond acceptors (Lipinski definition) is 10. The Labute approximate surface area is 334 Å². The molecule has 0 unspecified atom stereocenters. The van der Waals surface area contributed by atoms with Crippen LogP contribution in [0.2, 0.25) is 0 Å². The van der Waals surface area contributed by atoms with E-state index in [1.54, 1.807) is 12.2 Å². The van der Waals surface area contributed by atoms with E-state index < -0.39 is 23.9 Å². The van der Waals surface area contributed by atoms with Crippen molar-refractivity contribution in [2.24, 2.45) is 5.92 Å². The number of allylic oxidation sites excluding steroid dienone is 2. The van der Waals surface area contributed by atoms with Gasteiger partial charge in [-0.15, -0.1) is 13.2 Å². The third kappa shape index (κ3) is 16.3. The van der Waals surface area contributed by atoms with Crippen molar-refractivity contribution in [3.63, 3.8) is 0 Å². The summed E-state index contributed by atoms with van der Waals surface area (Å²) in [5, 5.41) is 0. The molecule has 0 aliphatic carbocycles. The standard InChI is InChI=1S/C47H48O10/c1-4-6-8-31-52-40-20-10-36(11-21-40)14-28-44(48)56-42-24-16-38(17-25-42)46(50)54-33-30-35(3)34-55-47(51)39-18-26-43(27-19-39)57-45(49)29-15-37-12-22-41(23-13-37)53-32-9-7-5-2/h4-5,10-29,35H,1-2,6-9,30-34H2,3H3/b28-14+,29-15+/t35-/m1/s1. The molecule has 0 amide bonds. The quantitative estimate of drug-likeness (QED) is 0.0237. The lowest BCUT2D eigenvalue weighted by atomic mass is 10.1. The lowest BCUT2D eigenvalue weighted by Gasteiger charge is -2.13. The second-order valence-electron chi connectivity index (χ2n) is 12.9. The Balaban J connectivity index is 1.10. The first-order valence-electron chi connectivity index (χ1n) is 18.7. The predicted molar refractivity (Wildman–Crippen MR) is 219 cm³/mol. The van der Waals surface area contributed by atoms with Crippen LogP contribution in [0.3, 0.4) is 0 Å². The van der Waals surface area contributed by atoms with Gasteiger partial charge in [-0.25, -0.2) is 19.2 Å². The minimum atomic E-state index is -0.563. The van der Waals surface area contributed by atoms with Crippen LogP contribution in [0.15, 0.2) is 135 Å². The first kappa shape index (κ1) is 43.1. The lowest BCUT2D eigenvalue weighted by molar-refractivity contribution is -0.129. The van der Waals surface area contributed by atoms with Crippen molar-refractivity contribution in [1.82, 2.24) is 0 Å². The normalized spacial score (nSPS) is 11.4. The molecule has 296 valence electrons. The number of carbonyl (C=O) groups is 4. The van der Waals surface area contributed by atoms with Crippen LogP contribution in [0.25, 0.3) is 12.2 Å². The summed E-state index contributed by atoms with van der Waals surface area (Å²) in [4.78, 5) is 49.8. The largest absolute Gasteiger partial charge is 0.494 e. The molecule has 4 rings (SSSR count). The average Bonchev–Trinajstić information content (AvgIpc) is 3.23. The Morgan fingerprint density at radius 1 is 0.544 bits per heavy atom. The average molecular weight is 773 g/mol. The molecule has 0 heterocycles. The summed E-state index contributed by atoms with van der Waals surface area (Å²) in [6.07, 6.45) is 13.7. The van der Waals surface area contributed by atoms with Crippen molar-refractivity contribution in [2.75, 3.05) is 26.4 Å². The summed E-state index contributed by atoms with van der Waals surface area (Å²) in [7, 11) is 0. The molecule has 0 spiro atoms. The summed E-state index contributed by atoms with van der Waals surface area (Å²) in [5.41, 5.74) is 2.22. The molecule has 0 saturated heterocycles. The van der Waals surface area contributed by atoms with Crippen LogP contribution in [0.4, 0.5) is 0 Å². The van der Waals surface area contributed by atoms with Crippen LogP contribution in [0.5, 0.6) is 23.0 Å². The molecule has 0 fully saturated rings. The Kier molecular flexibility index (Phi) is 18.1. The van der Waals surface area contributed by atoms with Gasteiger partial charge >= 0.3 is 23.9 Å². The van der Waals surface area contributed by atoms with E-state index in [2.05, 4.69) is 13.2 Å². The van der Waals surface area contributed by atoms with Gasteiger partial charge in [0.2, 0.25) is 0 Å². The molecular weight excluding hydrogens is 725 g/mol. The van der Waals surface area contributed by atoms with E-state index in [-0.39, 0.29) is 30.6 Å². The third-order valence-electron chi connectivity index (χ3n) is 8.19. The fourth-order valence-electron chi connectivity index (χ4n) is 4.95. The van der Waals surface area contributed by atoms with Gasteiger partial charge in [0.15, 0.2) is 0 Å². The minimum absolute atomic E-state index is 0.0895. The van der Waals surface area contributed by atoms with E-state index in [4.69, 9.17) is 28.4 Å². The molecule has 0 aliphatic rings. The molecule has 57 heavy (non-hydrogen) atoms. The van der Waals surface area contributed by atoms with Crippen LogP contribution in [-0.4, -0.2) is 50.3 Å². The highest BCUT2D eigenvalue weighted by Gasteiger charge is 2.13. The van der Waals surface area contributed by atoms with E-state index in [0.717, 1.165) is 48.3 Å². The highest BCUT2D eigenvalue weighted by Crippen LogP contribution is 2.18. The maximum Gasteiger partial charge on any atom is 0.338 e. The lowest BCUT2D eigenvalue weighted by Crippen LogP contribution is -2.15. The molecule has 0 bridgehead atoms. The zero-order valence-electron chi connectivity index (χ0n) is 32.1. The molecular formula is C47H48O10. The van der Waals surface area contributed by atoms with E-state index in [9.17, 15) is 19.2 Å². The predicted octanol–water partition coefficient (Wildman–Crippen LogP) is 9.65. The van der Waals surface area contributed by atoms with Crippen molar-refractivity contribution in [3.05, 3.63) is 157 Å². The number of rotatable bonds is 23. The minimum Gasteiger partial charge on any atom is -0.494 e. The van der Waals surface area contributed by atoms with Crippen molar-refractivity contribution in [3.8, 4) is 23.0 Å². The topological polar surface area (TPSA) is 124 Å². The molecule has 4 aromatic rings. The summed E-state index contributed by atoms with van der Waals surface area (Å²) < 4.78 is 32.8. The molecule has 0 radical (unpaired) electrons. The highest BCUT2D eigenvalue weighted by atomic mass is 16.5. The Hall–Kier alpha value is -6.68. The molecule has 0 aromatic heterocycles. The SMILES string of the molecule is C=CCCCOc1ccc(/C=C/C(=O)Oc2ccc(C(=O)OCC[C@@H](C)COC(=O)c3ccc(OC(=O)/C=C/c4ccc(OCCCC=C)cc4)cc3)cc2)cc1. The van der Waals surface area contributed by atoms with Gasteiger partial charge in [-0.2, -0.15) is 0 Å². The van der Waals surface area contributed by atoms with Gasteiger partial charge in [-0.1, -0.05) is 43.3 Å². The number of carbonyl (C=O) groups excluding carboxylic acids is 4. The monoisotopic (exact) mass is 772 g/mol. The van der Waals surface area contributed by atoms with Crippen LogP contribution < -0.4 is 18.9 Å². The summed E-state index contributed by atoms with van der Waals surface area (Å²) in [5.74, 6) is -0.217. The Bertz CT molecular complexity index is 1960. The molecule has 10 heteroatoms. The first-order chi connectivity index (χ1) is 27.7. The van der Waals surface area contributed by atoms with Crippen LogP contribution in [0, 0.1) is 5.92 Å². The summed E-state index contributed by atoms with van der Waals surface area (Å²) in [6.45, 7) is 10.7. The maximum atomic E-state index is 12.6. The number of ether oxygens (including phenoxy) is 6. The highest BCUT2D eigenvalue weighted by molar-refractivity contribution is 5.91. The number of hydrogen-bond donors (Lipinski definition) is 0. The van der Waals surface area contributed by atoms with Gasteiger partial charge in [0.1, 0.15) is 23.0 Å². The van der Waals surface area contributed by atoms with Crippen molar-refractivity contribution in [1.29, 1.82) is 0 Å². The van der Waals surface area contributed by atoms with Crippen LogP contribution >= 0.6 is 0 Å². The number of unbranched alkanes of at least 4 members (excludes halogenated alkanes) is 2. The fraction of sp³-hybridized carbons (Fsp3) is 0.234. The van der Waals surface area contributed by atoms with Crippen molar-refractivity contribution >= 4 is 36.0 Å². The third-order valence-corrected chi connectivity index (χ3v) is 8.19. The van der Waals surface area contributed by atoms with Gasteiger partial charge < -0.3 is 28.4 Å². The van der Waals surface area contributed by atoms with Gasteiger partial charge in [0.25, 0.3) is 0 Å². The maximum absolute atomic E-state index is 12.6. The van der Waals surface area contributed by atoms with Crippen LogP contribution in [0.1, 0.15) is 70.9 Å². The Morgan fingerprint density at radius 3 is 1.37 bits per heavy atom. The van der Waals surface area contributed by atoms with E-state index in [1.165, 1.54) is 60.7 Å². The van der Waals surface area contributed by atoms with E-state index in [0.29, 0.717) is 30.8 Å². The zero-order valence-corrected chi connectivity index (χ0v) is 32.1. The number of benzene rings is 4. The van der Waals surface area contributed by atoms with Gasteiger partial charge in [-0.3, -0.25) is 0 Å². The zero-order chi connectivity index (χ0) is 40.7. The summed E-state index contributed by atoms with van der Waals surface area (Å²) >= 11 is 0.